The highest BCUT2D eigenvalue weighted by Gasteiger charge is 2.37. The number of carbonyl (C=O) groups is 2. The third-order valence-electron chi connectivity index (χ3n) is 4.16. The first-order chi connectivity index (χ1) is 10.1. The highest BCUT2D eigenvalue weighted by atomic mass is 16.5. The van der Waals surface area contributed by atoms with Crippen LogP contribution in [0.5, 0.6) is 0 Å². The molecule has 0 saturated heterocycles. The van der Waals surface area contributed by atoms with Gasteiger partial charge in [-0.2, -0.15) is 0 Å². The van der Waals surface area contributed by atoms with E-state index in [4.69, 9.17) is 9.84 Å². The van der Waals surface area contributed by atoms with Crippen LogP contribution in [0.2, 0.25) is 0 Å². The molecular formula is C16H29NO4. The summed E-state index contributed by atoms with van der Waals surface area (Å²) in [7, 11) is 0. The zero-order chi connectivity index (χ0) is 15.6. The molecule has 122 valence electrons. The van der Waals surface area contributed by atoms with Gasteiger partial charge in [-0.1, -0.05) is 26.2 Å². The summed E-state index contributed by atoms with van der Waals surface area (Å²) in [6.07, 6.45) is 7.24. The molecule has 1 rings (SSSR count). The second-order valence-corrected chi connectivity index (χ2v) is 6.12. The molecule has 0 aromatic heterocycles. The molecule has 1 fully saturated rings. The van der Waals surface area contributed by atoms with Crippen LogP contribution >= 0.6 is 0 Å². The van der Waals surface area contributed by atoms with Gasteiger partial charge in [-0.05, 0) is 31.1 Å². The van der Waals surface area contributed by atoms with Gasteiger partial charge in [-0.15, -0.1) is 0 Å². The monoisotopic (exact) mass is 299 g/mol. The van der Waals surface area contributed by atoms with Crippen molar-refractivity contribution in [2.45, 2.75) is 64.7 Å². The Kier molecular flexibility index (Phi) is 8.35. The van der Waals surface area contributed by atoms with E-state index in [-0.39, 0.29) is 17.7 Å². The lowest BCUT2D eigenvalue weighted by atomic mass is 9.79. The van der Waals surface area contributed by atoms with E-state index in [1.807, 2.05) is 0 Å². The Bertz CT molecular complexity index is 324. The van der Waals surface area contributed by atoms with Crippen molar-refractivity contribution >= 4 is 11.9 Å². The first-order valence-electron chi connectivity index (χ1n) is 8.14. The van der Waals surface area contributed by atoms with Gasteiger partial charge in [0.1, 0.15) is 0 Å². The molecular weight excluding hydrogens is 270 g/mol. The number of carboxylic acid groups (broad SMARTS) is 1. The van der Waals surface area contributed by atoms with Crippen molar-refractivity contribution < 1.29 is 19.4 Å². The Morgan fingerprint density at radius 2 is 1.81 bits per heavy atom. The zero-order valence-corrected chi connectivity index (χ0v) is 13.2. The van der Waals surface area contributed by atoms with Gasteiger partial charge in [0, 0.05) is 26.2 Å². The minimum Gasteiger partial charge on any atom is -0.481 e. The molecule has 1 aliphatic rings. The average molecular weight is 299 g/mol. The Hall–Kier alpha value is -1.10. The molecule has 5 nitrogen and oxygen atoms in total. The van der Waals surface area contributed by atoms with Crippen LogP contribution in [-0.2, 0) is 14.3 Å². The van der Waals surface area contributed by atoms with Crippen LogP contribution in [0.4, 0.5) is 0 Å². The Morgan fingerprint density at radius 1 is 1.14 bits per heavy atom. The van der Waals surface area contributed by atoms with Crippen molar-refractivity contribution in [1.29, 1.82) is 0 Å². The molecule has 1 saturated carbocycles. The number of ether oxygens (including phenoxy) is 1. The Labute approximate surface area is 127 Å². The average Bonchev–Trinajstić information content (AvgIpc) is 2.84. The molecule has 0 atom stereocenters. The summed E-state index contributed by atoms with van der Waals surface area (Å²) in [5.74, 6) is -0.819. The van der Waals surface area contributed by atoms with E-state index in [2.05, 4.69) is 12.2 Å². The van der Waals surface area contributed by atoms with Crippen LogP contribution in [0.1, 0.15) is 64.7 Å². The van der Waals surface area contributed by atoms with Crippen LogP contribution in [0, 0.1) is 5.41 Å². The highest BCUT2D eigenvalue weighted by Crippen LogP contribution is 2.43. The summed E-state index contributed by atoms with van der Waals surface area (Å²) in [4.78, 5) is 23.0. The maximum Gasteiger partial charge on any atom is 0.303 e. The fourth-order valence-electron chi connectivity index (χ4n) is 3.02. The number of aliphatic carboxylic acids is 1. The zero-order valence-electron chi connectivity index (χ0n) is 13.2. The van der Waals surface area contributed by atoms with Gasteiger partial charge >= 0.3 is 5.97 Å². The van der Waals surface area contributed by atoms with Crippen LogP contribution in [0.25, 0.3) is 0 Å². The molecule has 0 heterocycles. The van der Waals surface area contributed by atoms with E-state index in [0.717, 1.165) is 51.6 Å². The summed E-state index contributed by atoms with van der Waals surface area (Å²) in [5.41, 5.74) is -0.312. The van der Waals surface area contributed by atoms with Gasteiger partial charge in [0.2, 0.25) is 5.91 Å². The molecule has 0 aromatic carbocycles. The topological polar surface area (TPSA) is 75.6 Å². The maximum absolute atomic E-state index is 12.0. The second-order valence-electron chi connectivity index (χ2n) is 6.12. The molecule has 1 aliphatic carbocycles. The molecule has 2 N–H and O–H groups in total. The fraction of sp³-hybridized carbons (Fsp3) is 0.875. The van der Waals surface area contributed by atoms with E-state index >= 15 is 0 Å². The number of carbonyl (C=O) groups excluding carboxylic acids is 1. The van der Waals surface area contributed by atoms with E-state index in [9.17, 15) is 9.59 Å². The van der Waals surface area contributed by atoms with E-state index in [0.29, 0.717) is 19.6 Å². The van der Waals surface area contributed by atoms with Gasteiger partial charge in [-0.3, -0.25) is 9.59 Å². The molecule has 0 aromatic rings. The summed E-state index contributed by atoms with van der Waals surface area (Å²) in [6.45, 7) is 4.18. The number of amides is 1. The molecule has 0 bridgehead atoms. The molecule has 0 aliphatic heterocycles. The van der Waals surface area contributed by atoms with E-state index < -0.39 is 5.97 Å². The number of hydrogen-bond acceptors (Lipinski definition) is 3. The predicted octanol–water partition coefficient (Wildman–Crippen LogP) is 2.73. The lowest BCUT2D eigenvalue weighted by Gasteiger charge is -2.26. The van der Waals surface area contributed by atoms with Crippen molar-refractivity contribution in [2.24, 2.45) is 5.41 Å². The van der Waals surface area contributed by atoms with E-state index in [1.54, 1.807) is 0 Å². The summed E-state index contributed by atoms with van der Waals surface area (Å²) in [5, 5.41) is 11.9. The number of hydrogen-bond donors (Lipinski definition) is 2. The molecule has 1 amide bonds. The number of carboxylic acids is 1. The Balaban J connectivity index is 2.18. The molecule has 21 heavy (non-hydrogen) atoms. The molecule has 5 heteroatoms. The van der Waals surface area contributed by atoms with Crippen LogP contribution < -0.4 is 5.32 Å². The van der Waals surface area contributed by atoms with Crippen LogP contribution in [0.3, 0.4) is 0 Å². The van der Waals surface area contributed by atoms with Crippen molar-refractivity contribution in [1.82, 2.24) is 5.32 Å². The van der Waals surface area contributed by atoms with Crippen molar-refractivity contribution in [3.63, 3.8) is 0 Å². The minimum absolute atomic E-state index is 0.0216. The molecule has 0 spiro atoms. The lowest BCUT2D eigenvalue weighted by molar-refractivity contribution is -0.140. The van der Waals surface area contributed by atoms with Crippen LogP contribution in [-0.4, -0.2) is 36.7 Å². The summed E-state index contributed by atoms with van der Waals surface area (Å²) in [6, 6.07) is 0. The molecule has 0 unspecified atom stereocenters. The standard InChI is InChI=1S/C16H29NO4/c1-2-3-10-21-11-6-9-17-14(18)12-16(13-15(19)20)7-4-5-8-16/h2-13H2,1H3,(H,17,18)(H,19,20). The van der Waals surface area contributed by atoms with Crippen molar-refractivity contribution in [2.75, 3.05) is 19.8 Å². The first kappa shape index (κ1) is 18.0. The quantitative estimate of drug-likeness (QED) is 0.575. The van der Waals surface area contributed by atoms with Crippen LogP contribution in [0.15, 0.2) is 0 Å². The normalized spacial score (nSPS) is 16.8. The Morgan fingerprint density at radius 3 is 2.43 bits per heavy atom. The number of rotatable bonds is 11. The molecule has 0 radical (unpaired) electrons. The van der Waals surface area contributed by atoms with Gasteiger partial charge in [0.15, 0.2) is 0 Å². The third kappa shape index (κ3) is 7.46. The van der Waals surface area contributed by atoms with Gasteiger partial charge in [0.05, 0.1) is 6.42 Å². The number of nitrogens with one attached hydrogen (secondary N) is 1. The first-order valence-corrected chi connectivity index (χ1v) is 8.14. The third-order valence-corrected chi connectivity index (χ3v) is 4.16. The second kappa shape index (κ2) is 9.77. The predicted molar refractivity (Wildman–Crippen MR) is 81.1 cm³/mol. The largest absolute Gasteiger partial charge is 0.481 e. The van der Waals surface area contributed by atoms with Gasteiger partial charge in [0.25, 0.3) is 0 Å². The summed E-state index contributed by atoms with van der Waals surface area (Å²) >= 11 is 0. The van der Waals surface area contributed by atoms with Gasteiger partial charge < -0.3 is 15.2 Å². The smallest absolute Gasteiger partial charge is 0.303 e. The lowest BCUT2D eigenvalue weighted by Crippen LogP contribution is -2.32. The SMILES string of the molecule is CCCCOCCCNC(=O)CC1(CC(=O)O)CCCC1. The van der Waals surface area contributed by atoms with Crippen molar-refractivity contribution in [3.05, 3.63) is 0 Å². The minimum atomic E-state index is -0.797. The number of unbranched alkanes of at least 4 members (excludes halogenated alkanes) is 1. The fourth-order valence-corrected chi connectivity index (χ4v) is 3.02. The van der Waals surface area contributed by atoms with Crippen molar-refractivity contribution in [3.8, 4) is 0 Å². The van der Waals surface area contributed by atoms with E-state index in [1.165, 1.54) is 0 Å². The summed E-state index contributed by atoms with van der Waals surface area (Å²) < 4.78 is 5.43. The maximum atomic E-state index is 12.0. The van der Waals surface area contributed by atoms with Gasteiger partial charge in [-0.25, -0.2) is 0 Å². The highest BCUT2D eigenvalue weighted by molar-refractivity contribution is 5.78.